The van der Waals surface area contributed by atoms with Crippen LogP contribution in [0.2, 0.25) is 0 Å². The number of rotatable bonds is 1. The summed E-state index contributed by atoms with van der Waals surface area (Å²) < 4.78 is 0. The van der Waals surface area contributed by atoms with E-state index in [1.807, 2.05) is 0 Å². The Kier molecular flexibility index (Phi) is 3.78. The Labute approximate surface area is 98.1 Å². The van der Waals surface area contributed by atoms with Gasteiger partial charge in [0, 0.05) is 0 Å². The summed E-state index contributed by atoms with van der Waals surface area (Å²) in [6.45, 7) is 8.20. The van der Waals surface area contributed by atoms with Gasteiger partial charge in [-0.3, -0.25) is 0 Å². The van der Waals surface area contributed by atoms with Crippen LogP contribution in [-0.4, -0.2) is 17.7 Å². The van der Waals surface area contributed by atoms with Crippen molar-refractivity contribution in [2.24, 2.45) is 17.8 Å². The van der Waals surface area contributed by atoms with E-state index in [1.165, 1.54) is 25.1 Å². The van der Waals surface area contributed by atoms with Gasteiger partial charge in [-0.2, -0.15) is 0 Å². The van der Waals surface area contributed by atoms with Crippen LogP contribution < -0.4 is 5.32 Å². The number of nitrogens with one attached hydrogen (secondary N) is 1. The minimum atomic E-state index is 0.715. The molecule has 0 radical (unpaired) electrons. The smallest absolute Gasteiger partial charge is 0.0564 e. The van der Waals surface area contributed by atoms with Crippen LogP contribution in [0.25, 0.3) is 0 Å². The molecule has 4 atom stereocenters. The standard InChI is InChI=1S/C13H23NS/c1-9-4-10(2)6-12(5-9)13-14-7-11(3)8-15-13/h4,9,11-14H,5-8H2,1-3H3. The second-order valence-corrected chi connectivity index (χ2v) is 6.63. The monoisotopic (exact) mass is 225 g/mol. The van der Waals surface area contributed by atoms with Gasteiger partial charge in [-0.25, -0.2) is 0 Å². The largest absolute Gasteiger partial charge is 0.305 e. The molecular weight excluding hydrogens is 202 g/mol. The second kappa shape index (κ2) is 4.92. The minimum absolute atomic E-state index is 0.715. The summed E-state index contributed by atoms with van der Waals surface area (Å²) in [5, 5.41) is 4.43. The number of hydrogen-bond donors (Lipinski definition) is 1. The first-order chi connectivity index (χ1) is 7.15. The molecule has 0 spiro atoms. The topological polar surface area (TPSA) is 12.0 Å². The molecule has 1 nitrogen and oxygen atoms in total. The van der Waals surface area contributed by atoms with Crippen molar-refractivity contribution in [3.63, 3.8) is 0 Å². The molecule has 1 fully saturated rings. The molecule has 1 saturated heterocycles. The molecule has 0 bridgehead atoms. The number of hydrogen-bond acceptors (Lipinski definition) is 2. The zero-order valence-corrected chi connectivity index (χ0v) is 10.9. The van der Waals surface area contributed by atoms with Crippen LogP contribution in [0.4, 0.5) is 0 Å². The maximum Gasteiger partial charge on any atom is 0.0564 e. The molecule has 2 rings (SSSR count). The summed E-state index contributed by atoms with van der Waals surface area (Å²) >= 11 is 2.14. The van der Waals surface area contributed by atoms with Gasteiger partial charge in [0.15, 0.2) is 0 Å². The fourth-order valence-electron chi connectivity index (χ4n) is 2.83. The molecule has 1 heterocycles. The Morgan fingerprint density at radius 2 is 2.20 bits per heavy atom. The van der Waals surface area contributed by atoms with E-state index in [-0.39, 0.29) is 0 Å². The first kappa shape index (κ1) is 11.5. The van der Waals surface area contributed by atoms with E-state index < -0.39 is 0 Å². The zero-order chi connectivity index (χ0) is 10.8. The molecular formula is C13H23NS. The minimum Gasteiger partial charge on any atom is -0.305 e. The molecule has 1 N–H and O–H groups in total. The Balaban J connectivity index is 1.91. The molecule has 1 aliphatic heterocycles. The summed E-state index contributed by atoms with van der Waals surface area (Å²) in [7, 11) is 0. The van der Waals surface area contributed by atoms with Gasteiger partial charge in [-0.1, -0.05) is 25.5 Å². The highest BCUT2D eigenvalue weighted by molar-refractivity contribution is 7.99. The van der Waals surface area contributed by atoms with Crippen molar-refractivity contribution in [1.82, 2.24) is 5.32 Å². The molecule has 2 heteroatoms. The Hall–Kier alpha value is 0.0500. The van der Waals surface area contributed by atoms with Gasteiger partial charge in [0.1, 0.15) is 0 Å². The lowest BCUT2D eigenvalue weighted by Crippen LogP contribution is -2.42. The first-order valence-corrected chi connectivity index (χ1v) is 7.22. The van der Waals surface area contributed by atoms with E-state index in [9.17, 15) is 0 Å². The van der Waals surface area contributed by atoms with Crippen molar-refractivity contribution in [2.75, 3.05) is 12.3 Å². The van der Waals surface area contributed by atoms with E-state index >= 15 is 0 Å². The first-order valence-electron chi connectivity index (χ1n) is 6.17. The predicted molar refractivity (Wildman–Crippen MR) is 69.1 cm³/mol. The van der Waals surface area contributed by atoms with Gasteiger partial charge >= 0.3 is 0 Å². The maximum absolute atomic E-state index is 3.72. The highest BCUT2D eigenvalue weighted by atomic mass is 32.2. The van der Waals surface area contributed by atoms with Gasteiger partial charge in [0.25, 0.3) is 0 Å². The third-order valence-corrected chi connectivity index (χ3v) is 5.16. The van der Waals surface area contributed by atoms with Gasteiger partial charge in [0.2, 0.25) is 0 Å². The molecule has 0 amide bonds. The summed E-state index contributed by atoms with van der Waals surface area (Å²) in [6.07, 6.45) is 5.13. The molecule has 15 heavy (non-hydrogen) atoms. The fraction of sp³-hybridized carbons (Fsp3) is 0.846. The third-order valence-electron chi connectivity index (χ3n) is 3.48. The molecule has 0 aromatic carbocycles. The number of allylic oxidation sites excluding steroid dienone is 2. The van der Waals surface area contributed by atoms with Crippen LogP contribution in [0, 0.1) is 17.8 Å². The summed E-state index contributed by atoms with van der Waals surface area (Å²) in [6, 6.07) is 0. The lowest BCUT2D eigenvalue weighted by Gasteiger charge is -2.36. The molecule has 2 aliphatic rings. The molecule has 4 unspecified atom stereocenters. The van der Waals surface area contributed by atoms with Crippen LogP contribution in [0.5, 0.6) is 0 Å². The van der Waals surface area contributed by atoms with Gasteiger partial charge in [0.05, 0.1) is 5.37 Å². The van der Waals surface area contributed by atoms with Gasteiger partial charge in [-0.15, -0.1) is 11.8 Å². The quantitative estimate of drug-likeness (QED) is 0.687. The van der Waals surface area contributed by atoms with E-state index in [4.69, 9.17) is 0 Å². The van der Waals surface area contributed by atoms with Crippen LogP contribution in [-0.2, 0) is 0 Å². The van der Waals surface area contributed by atoms with Crippen LogP contribution in [0.3, 0.4) is 0 Å². The van der Waals surface area contributed by atoms with Gasteiger partial charge in [-0.05, 0) is 49.8 Å². The van der Waals surface area contributed by atoms with Crippen molar-refractivity contribution < 1.29 is 0 Å². The van der Waals surface area contributed by atoms with Gasteiger partial charge < -0.3 is 5.32 Å². The van der Waals surface area contributed by atoms with E-state index in [2.05, 4.69) is 43.9 Å². The van der Waals surface area contributed by atoms with Crippen LogP contribution in [0.1, 0.15) is 33.6 Å². The van der Waals surface area contributed by atoms with Crippen LogP contribution >= 0.6 is 11.8 Å². The van der Waals surface area contributed by atoms with E-state index in [1.54, 1.807) is 5.57 Å². The zero-order valence-electron chi connectivity index (χ0n) is 10.1. The summed E-state index contributed by atoms with van der Waals surface area (Å²) in [5.74, 6) is 3.84. The molecule has 0 aromatic rings. The van der Waals surface area contributed by atoms with E-state index in [0.717, 1.165) is 17.8 Å². The average Bonchev–Trinajstić information content (AvgIpc) is 2.17. The predicted octanol–water partition coefficient (Wildman–Crippen LogP) is 3.28. The van der Waals surface area contributed by atoms with Crippen molar-refractivity contribution in [2.45, 2.75) is 39.0 Å². The number of thioether (sulfide) groups is 1. The normalized spacial score (nSPS) is 42.5. The average molecular weight is 225 g/mol. The van der Waals surface area contributed by atoms with E-state index in [0.29, 0.717) is 5.37 Å². The maximum atomic E-state index is 3.72. The molecule has 0 saturated carbocycles. The Morgan fingerprint density at radius 1 is 1.40 bits per heavy atom. The lowest BCUT2D eigenvalue weighted by molar-refractivity contribution is 0.344. The fourth-order valence-corrected chi connectivity index (χ4v) is 4.18. The SMILES string of the molecule is CC1=CC(C)CC(C2NCC(C)CS2)C1. The lowest BCUT2D eigenvalue weighted by atomic mass is 9.83. The molecule has 86 valence electrons. The second-order valence-electron chi connectivity index (χ2n) is 5.46. The van der Waals surface area contributed by atoms with Crippen molar-refractivity contribution in [3.8, 4) is 0 Å². The molecule has 1 aliphatic carbocycles. The van der Waals surface area contributed by atoms with Crippen LogP contribution in [0.15, 0.2) is 11.6 Å². The van der Waals surface area contributed by atoms with Crippen molar-refractivity contribution >= 4 is 11.8 Å². The molecule has 0 aromatic heterocycles. The van der Waals surface area contributed by atoms with Crippen molar-refractivity contribution in [3.05, 3.63) is 11.6 Å². The van der Waals surface area contributed by atoms with Crippen molar-refractivity contribution in [1.29, 1.82) is 0 Å². The highest BCUT2D eigenvalue weighted by Gasteiger charge is 2.29. The summed E-state index contributed by atoms with van der Waals surface area (Å²) in [5.41, 5.74) is 1.60. The Bertz CT molecular complexity index is 241. The highest BCUT2D eigenvalue weighted by Crippen LogP contribution is 2.35. The summed E-state index contributed by atoms with van der Waals surface area (Å²) in [4.78, 5) is 0. The Morgan fingerprint density at radius 3 is 2.80 bits per heavy atom. The third kappa shape index (κ3) is 3.01.